The van der Waals surface area contributed by atoms with Gasteiger partial charge in [0.25, 0.3) is 5.91 Å². The number of aryl methyl sites for hydroxylation is 1. The van der Waals surface area contributed by atoms with Crippen LogP contribution in [0.15, 0.2) is 54.9 Å². The van der Waals surface area contributed by atoms with Crippen LogP contribution in [0.3, 0.4) is 0 Å². The number of carbonyl (C=O) groups is 1. The maximum Gasteiger partial charge on any atom is 0.258 e. The number of benzene rings is 2. The van der Waals surface area contributed by atoms with Gasteiger partial charge in [-0.25, -0.2) is 9.37 Å². The monoisotopic (exact) mass is 407 g/mol. The normalized spacial score (nSPS) is 11.9. The quantitative estimate of drug-likeness (QED) is 0.667. The molecular weight excluding hydrogens is 392 g/mol. The molecular formula is C19H16Cl2FN3O2. The highest BCUT2D eigenvalue weighted by Crippen LogP contribution is 2.27. The first-order chi connectivity index (χ1) is 12.9. The number of rotatable bonds is 6. The molecule has 0 spiro atoms. The molecule has 27 heavy (non-hydrogen) atoms. The van der Waals surface area contributed by atoms with Crippen LogP contribution in [0.2, 0.25) is 10.0 Å². The number of nitrogens with zero attached hydrogens (tertiary/aromatic N) is 2. The molecule has 8 heteroatoms. The van der Waals surface area contributed by atoms with Gasteiger partial charge in [0.2, 0.25) is 0 Å². The van der Waals surface area contributed by atoms with Crippen molar-refractivity contribution in [3.63, 3.8) is 0 Å². The van der Waals surface area contributed by atoms with Gasteiger partial charge in [-0.05, 0) is 29.8 Å². The van der Waals surface area contributed by atoms with Gasteiger partial charge in [0.1, 0.15) is 23.4 Å². The fraction of sp³-hybridized carbons (Fsp3) is 0.158. The summed E-state index contributed by atoms with van der Waals surface area (Å²) in [7, 11) is 1.81. The molecule has 3 aromatic rings. The average molecular weight is 408 g/mol. The van der Waals surface area contributed by atoms with Crippen LogP contribution in [0.25, 0.3) is 0 Å². The minimum atomic E-state index is -0.559. The number of hydrogen-bond donors (Lipinski definition) is 1. The van der Waals surface area contributed by atoms with Crippen LogP contribution in [-0.4, -0.2) is 22.1 Å². The molecule has 140 valence electrons. The summed E-state index contributed by atoms with van der Waals surface area (Å²) < 4.78 is 20.5. The SMILES string of the molecule is Cn1ccnc1[C@H](NC(=O)COc1cc(Cl)ccc1Cl)c1ccc(F)cc1. The maximum atomic E-state index is 13.3. The van der Waals surface area contributed by atoms with Gasteiger partial charge in [-0.3, -0.25) is 4.79 Å². The van der Waals surface area contributed by atoms with E-state index in [1.165, 1.54) is 18.2 Å². The third-order valence-electron chi connectivity index (χ3n) is 3.88. The Kier molecular flexibility index (Phi) is 5.98. The molecule has 0 aliphatic heterocycles. The largest absolute Gasteiger partial charge is 0.482 e. The molecule has 1 heterocycles. The number of hydrogen-bond acceptors (Lipinski definition) is 3. The summed E-state index contributed by atoms with van der Waals surface area (Å²) in [6.07, 6.45) is 3.39. The molecule has 1 amide bonds. The highest BCUT2D eigenvalue weighted by molar-refractivity contribution is 6.34. The van der Waals surface area contributed by atoms with Crippen LogP contribution in [0.1, 0.15) is 17.4 Å². The topological polar surface area (TPSA) is 56.2 Å². The van der Waals surface area contributed by atoms with Gasteiger partial charge < -0.3 is 14.6 Å². The fourth-order valence-corrected chi connectivity index (χ4v) is 2.88. The summed E-state index contributed by atoms with van der Waals surface area (Å²) in [6, 6.07) is 10.1. The predicted molar refractivity (Wildman–Crippen MR) is 102 cm³/mol. The molecule has 0 unspecified atom stereocenters. The second kappa shape index (κ2) is 8.41. The lowest BCUT2D eigenvalue weighted by atomic mass is 10.1. The zero-order valence-electron chi connectivity index (χ0n) is 14.3. The molecule has 0 aliphatic carbocycles. The number of halogens is 3. The van der Waals surface area contributed by atoms with E-state index in [-0.39, 0.29) is 18.3 Å². The molecule has 0 bridgehead atoms. The van der Waals surface area contributed by atoms with Crippen molar-refractivity contribution in [1.29, 1.82) is 0 Å². The van der Waals surface area contributed by atoms with E-state index in [9.17, 15) is 9.18 Å². The Balaban J connectivity index is 1.75. The van der Waals surface area contributed by atoms with Crippen molar-refractivity contribution in [3.05, 3.63) is 82.1 Å². The van der Waals surface area contributed by atoms with Gasteiger partial charge in [0, 0.05) is 30.5 Å². The van der Waals surface area contributed by atoms with Crippen LogP contribution in [0.5, 0.6) is 5.75 Å². The van der Waals surface area contributed by atoms with Gasteiger partial charge in [0.15, 0.2) is 6.61 Å². The Labute approximate surface area is 165 Å². The second-order valence-corrected chi connectivity index (χ2v) is 6.66. The van der Waals surface area contributed by atoms with E-state index in [2.05, 4.69) is 10.3 Å². The van der Waals surface area contributed by atoms with Crippen LogP contribution >= 0.6 is 23.2 Å². The lowest BCUT2D eigenvalue weighted by Gasteiger charge is -2.19. The molecule has 0 saturated carbocycles. The van der Waals surface area contributed by atoms with Crippen molar-refractivity contribution in [2.45, 2.75) is 6.04 Å². The molecule has 0 fully saturated rings. The first-order valence-corrected chi connectivity index (χ1v) is 8.79. The third-order valence-corrected chi connectivity index (χ3v) is 4.42. The highest BCUT2D eigenvalue weighted by atomic mass is 35.5. The summed E-state index contributed by atoms with van der Waals surface area (Å²) in [5.74, 6) is 0.177. The summed E-state index contributed by atoms with van der Waals surface area (Å²) in [5.41, 5.74) is 0.694. The summed E-state index contributed by atoms with van der Waals surface area (Å²) in [6.45, 7) is -0.262. The molecule has 0 radical (unpaired) electrons. The van der Waals surface area contributed by atoms with Crippen LogP contribution in [0.4, 0.5) is 4.39 Å². The summed E-state index contributed by atoms with van der Waals surface area (Å²) >= 11 is 11.9. The molecule has 5 nitrogen and oxygen atoms in total. The number of carbonyl (C=O) groups excluding carboxylic acids is 1. The average Bonchev–Trinajstić information content (AvgIpc) is 3.07. The van der Waals surface area contributed by atoms with E-state index in [0.29, 0.717) is 27.2 Å². The third kappa shape index (κ3) is 4.78. The van der Waals surface area contributed by atoms with Crippen LogP contribution in [0, 0.1) is 5.82 Å². The molecule has 0 aliphatic rings. The summed E-state index contributed by atoms with van der Waals surface area (Å²) in [4.78, 5) is 16.7. The van der Waals surface area contributed by atoms with E-state index in [0.717, 1.165) is 0 Å². The standard InChI is InChI=1S/C19H16Cl2FN3O2/c1-25-9-8-23-19(25)18(12-2-5-14(22)6-3-12)24-17(26)11-27-16-10-13(20)4-7-15(16)21/h2-10,18H,11H2,1H3,(H,24,26)/t18-/m1/s1. The summed E-state index contributed by atoms with van der Waals surface area (Å²) in [5, 5.41) is 3.66. The second-order valence-electron chi connectivity index (χ2n) is 5.81. The Bertz CT molecular complexity index is 944. The number of ether oxygens (including phenoxy) is 1. The zero-order chi connectivity index (χ0) is 19.4. The van der Waals surface area contributed by atoms with E-state index in [1.807, 2.05) is 7.05 Å². The first kappa shape index (κ1) is 19.2. The van der Waals surface area contributed by atoms with E-state index in [4.69, 9.17) is 27.9 Å². The van der Waals surface area contributed by atoms with E-state index in [1.54, 1.807) is 41.2 Å². The van der Waals surface area contributed by atoms with E-state index < -0.39 is 6.04 Å². The van der Waals surface area contributed by atoms with Crippen molar-refractivity contribution in [3.8, 4) is 5.75 Å². The van der Waals surface area contributed by atoms with Gasteiger partial charge >= 0.3 is 0 Å². The lowest BCUT2D eigenvalue weighted by Crippen LogP contribution is -2.34. The molecule has 2 aromatic carbocycles. The number of aromatic nitrogens is 2. The molecule has 1 atom stereocenters. The van der Waals surface area contributed by atoms with Gasteiger partial charge in [-0.2, -0.15) is 0 Å². The minimum absolute atomic E-state index is 0.262. The van der Waals surface area contributed by atoms with Gasteiger partial charge in [-0.15, -0.1) is 0 Å². The van der Waals surface area contributed by atoms with E-state index >= 15 is 0 Å². The fourth-order valence-electron chi connectivity index (χ4n) is 2.54. The van der Waals surface area contributed by atoms with Gasteiger partial charge in [-0.1, -0.05) is 35.3 Å². The van der Waals surface area contributed by atoms with Crippen molar-refractivity contribution < 1.29 is 13.9 Å². The first-order valence-electron chi connectivity index (χ1n) is 8.04. The number of imidazole rings is 1. The van der Waals surface area contributed by atoms with Crippen molar-refractivity contribution in [1.82, 2.24) is 14.9 Å². The molecule has 1 N–H and O–H groups in total. The lowest BCUT2D eigenvalue weighted by molar-refractivity contribution is -0.123. The number of nitrogens with one attached hydrogen (secondary N) is 1. The van der Waals surface area contributed by atoms with Crippen LogP contribution < -0.4 is 10.1 Å². The van der Waals surface area contributed by atoms with Crippen molar-refractivity contribution in [2.24, 2.45) is 7.05 Å². The molecule has 3 rings (SSSR count). The molecule has 0 saturated heterocycles. The number of amides is 1. The smallest absolute Gasteiger partial charge is 0.258 e. The Morgan fingerprint density at radius 2 is 2.00 bits per heavy atom. The van der Waals surface area contributed by atoms with Crippen molar-refractivity contribution >= 4 is 29.1 Å². The molecule has 1 aromatic heterocycles. The predicted octanol–water partition coefficient (Wildman–Crippen LogP) is 4.15. The Hall–Kier alpha value is -2.57. The minimum Gasteiger partial charge on any atom is -0.482 e. The maximum absolute atomic E-state index is 13.3. The van der Waals surface area contributed by atoms with Crippen LogP contribution in [-0.2, 0) is 11.8 Å². The Morgan fingerprint density at radius 1 is 1.26 bits per heavy atom. The Morgan fingerprint density at radius 3 is 2.67 bits per heavy atom. The van der Waals surface area contributed by atoms with Gasteiger partial charge in [0.05, 0.1) is 5.02 Å². The highest BCUT2D eigenvalue weighted by Gasteiger charge is 2.21. The zero-order valence-corrected chi connectivity index (χ0v) is 15.8. The van der Waals surface area contributed by atoms with Crippen molar-refractivity contribution in [2.75, 3.05) is 6.61 Å².